The van der Waals surface area contributed by atoms with E-state index < -0.39 is 17.8 Å². The molecule has 2 aliphatic rings. The van der Waals surface area contributed by atoms with Gasteiger partial charge in [0.05, 0.1) is 40.1 Å². The lowest BCUT2D eigenvalue weighted by atomic mass is 10.1. The fourth-order valence-electron chi connectivity index (χ4n) is 4.31. The number of piperidine rings is 1. The fourth-order valence-corrected chi connectivity index (χ4v) is 5.31. The first-order valence-corrected chi connectivity index (χ1v) is 12.9. The number of carbonyl (C=O) groups is 2. The SMILES string of the molecule is O=C(NCCOC1CCN(C(=O)OCc2ccc(C(F)(F)F)cc2)CC1)C1=Cc2cnc3cccc(n23)S1. The van der Waals surface area contributed by atoms with Crippen LogP contribution in [0.5, 0.6) is 0 Å². The van der Waals surface area contributed by atoms with Crippen LogP contribution in [0.2, 0.25) is 0 Å². The number of imidazole rings is 1. The first kappa shape index (κ1) is 26.1. The van der Waals surface area contributed by atoms with Crippen molar-refractivity contribution in [3.8, 4) is 0 Å². The molecule has 0 bridgehead atoms. The molecule has 8 nitrogen and oxygen atoms in total. The van der Waals surface area contributed by atoms with Crippen molar-refractivity contribution >= 4 is 35.5 Å². The molecule has 5 rings (SSSR count). The van der Waals surface area contributed by atoms with E-state index in [1.54, 1.807) is 11.1 Å². The Balaban J connectivity index is 0.993. The summed E-state index contributed by atoms with van der Waals surface area (Å²) in [5.74, 6) is -0.173. The Kier molecular flexibility index (Phi) is 7.61. The van der Waals surface area contributed by atoms with Gasteiger partial charge in [0.25, 0.3) is 5.91 Å². The second kappa shape index (κ2) is 11.1. The number of carbonyl (C=O) groups excluding carboxylic acids is 2. The minimum absolute atomic E-state index is 0.0407. The van der Waals surface area contributed by atoms with Crippen LogP contribution in [-0.2, 0) is 27.1 Å². The molecule has 200 valence electrons. The van der Waals surface area contributed by atoms with Gasteiger partial charge in [0.15, 0.2) is 0 Å². The van der Waals surface area contributed by atoms with Crippen molar-refractivity contribution in [2.45, 2.75) is 36.8 Å². The van der Waals surface area contributed by atoms with Gasteiger partial charge in [-0.05, 0) is 48.7 Å². The van der Waals surface area contributed by atoms with Gasteiger partial charge in [-0.15, -0.1) is 0 Å². The third-order valence-electron chi connectivity index (χ3n) is 6.32. The third kappa shape index (κ3) is 5.97. The number of rotatable bonds is 7. The Morgan fingerprint density at radius 2 is 1.87 bits per heavy atom. The Morgan fingerprint density at radius 1 is 1.11 bits per heavy atom. The van der Waals surface area contributed by atoms with E-state index in [0.717, 1.165) is 28.5 Å². The van der Waals surface area contributed by atoms with Crippen molar-refractivity contribution in [2.24, 2.45) is 0 Å². The number of halogens is 3. The number of pyridine rings is 1. The van der Waals surface area contributed by atoms with E-state index in [1.807, 2.05) is 28.7 Å². The van der Waals surface area contributed by atoms with Gasteiger partial charge in [0.2, 0.25) is 0 Å². The number of hydrogen-bond donors (Lipinski definition) is 1. The van der Waals surface area contributed by atoms with Crippen molar-refractivity contribution < 1.29 is 32.2 Å². The van der Waals surface area contributed by atoms with E-state index in [4.69, 9.17) is 9.47 Å². The van der Waals surface area contributed by atoms with Gasteiger partial charge in [-0.2, -0.15) is 13.2 Å². The van der Waals surface area contributed by atoms with Gasteiger partial charge in [-0.1, -0.05) is 30.0 Å². The average Bonchev–Trinajstić information content (AvgIpc) is 3.34. The summed E-state index contributed by atoms with van der Waals surface area (Å²) in [6.45, 7) is 1.51. The van der Waals surface area contributed by atoms with E-state index >= 15 is 0 Å². The summed E-state index contributed by atoms with van der Waals surface area (Å²) in [6.07, 6.45) is -0.143. The highest BCUT2D eigenvalue weighted by atomic mass is 32.2. The van der Waals surface area contributed by atoms with Crippen molar-refractivity contribution in [1.29, 1.82) is 0 Å². The average molecular weight is 547 g/mol. The van der Waals surface area contributed by atoms with Gasteiger partial charge in [0, 0.05) is 19.6 Å². The molecular formula is C26H25F3N4O4S. The van der Waals surface area contributed by atoms with Gasteiger partial charge in [-0.3, -0.25) is 9.20 Å². The standard InChI is InChI=1S/C26H25F3N4O4S/c27-26(28,29)18-6-4-17(5-7-18)16-37-25(35)32-11-8-20(9-12-32)36-13-10-30-24(34)21-14-19-15-31-22-2-1-3-23(38-21)33(19)22/h1-7,14-15,20H,8-13,16H2,(H,30,34). The number of ether oxygens (including phenoxy) is 2. The smallest absolute Gasteiger partial charge is 0.416 e. The lowest BCUT2D eigenvalue weighted by Crippen LogP contribution is -2.41. The van der Waals surface area contributed by atoms with Crippen LogP contribution in [0.25, 0.3) is 11.7 Å². The Hall–Kier alpha value is -3.51. The molecule has 0 aliphatic carbocycles. The minimum atomic E-state index is -4.40. The minimum Gasteiger partial charge on any atom is -0.445 e. The van der Waals surface area contributed by atoms with Crippen LogP contribution in [-0.4, -0.2) is 58.6 Å². The fraction of sp³-hybridized carbons (Fsp3) is 0.346. The van der Waals surface area contributed by atoms with Crippen LogP contribution in [0, 0.1) is 0 Å². The Bertz CT molecular complexity index is 1350. The van der Waals surface area contributed by atoms with E-state index in [2.05, 4.69) is 10.3 Å². The maximum atomic E-state index is 12.7. The number of thioether (sulfide) groups is 1. The lowest BCUT2D eigenvalue weighted by molar-refractivity contribution is -0.137. The third-order valence-corrected chi connectivity index (χ3v) is 7.37. The second-order valence-electron chi connectivity index (χ2n) is 8.91. The monoisotopic (exact) mass is 546 g/mol. The zero-order chi connectivity index (χ0) is 26.7. The van der Waals surface area contributed by atoms with Crippen LogP contribution < -0.4 is 5.32 Å². The highest BCUT2D eigenvalue weighted by Gasteiger charge is 2.30. The maximum Gasteiger partial charge on any atom is 0.416 e. The molecule has 1 aromatic carbocycles. The summed E-state index contributed by atoms with van der Waals surface area (Å²) >= 11 is 1.39. The lowest BCUT2D eigenvalue weighted by Gasteiger charge is -2.31. The summed E-state index contributed by atoms with van der Waals surface area (Å²) in [6, 6.07) is 10.3. The molecule has 2 amide bonds. The molecule has 3 aromatic rings. The van der Waals surface area contributed by atoms with Crippen LogP contribution in [0.1, 0.15) is 29.7 Å². The highest BCUT2D eigenvalue weighted by Crippen LogP contribution is 2.34. The molecule has 4 heterocycles. The van der Waals surface area contributed by atoms with E-state index in [0.29, 0.717) is 49.6 Å². The van der Waals surface area contributed by atoms with E-state index in [9.17, 15) is 22.8 Å². The number of aromatic nitrogens is 2. The van der Waals surface area contributed by atoms with Crippen molar-refractivity contribution in [2.75, 3.05) is 26.2 Å². The van der Waals surface area contributed by atoms with Crippen LogP contribution in [0.15, 0.2) is 58.6 Å². The zero-order valence-corrected chi connectivity index (χ0v) is 21.1. The quantitative estimate of drug-likeness (QED) is 0.432. The van der Waals surface area contributed by atoms with Crippen LogP contribution in [0.3, 0.4) is 0 Å². The molecule has 2 aromatic heterocycles. The summed E-state index contributed by atoms with van der Waals surface area (Å²) in [7, 11) is 0. The molecule has 38 heavy (non-hydrogen) atoms. The van der Waals surface area contributed by atoms with Crippen molar-refractivity contribution in [1.82, 2.24) is 19.6 Å². The molecule has 0 unspecified atom stereocenters. The molecule has 1 fully saturated rings. The zero-order valence-electron chi connectivity index (χ0n) is 20.2. The Morgan fingerprint density at radius 3 is 2.61 bits per heavy atom. The Labute approximate surface area is 220 Å². The van der Waals surface area contributed by atoms with Crippen LogP contribution >= 0.6 is 11.8 Å². The largest absolute Gasteiger partial charge is 0.445 e. The van der Waals surface area contributed by atoms with E-state index in [-0.39, 0.29) is 18.6 Å². The number of hydrogen-bond acceptors (Lipinski definition) is 6. The normalized spacial score (nSPS) is 15.9. The predicted octanol–water partition coefficient (Wildman–Crippen LogP) is 4.73. The van der Waals surface area contributed by atoms with Crippen molar-refractivity contribution in [3.05, 3.63) is 70.4 Å². The maximum absolute atomic E-state index is 12.7. The predicted molar refractivity (Wildman–Crippen MR) is 134 cm³/mol. The summed E-state index contributed by atoms with van der Waals surface area (Å²) in [5, 5.41) is 3.82. The number of benzene rings is 1. The molecule has 0 radical (unpaired) electrons. The number of alkyl halides is 3. The molecule has 2 aliphatic heterocycles. The van der Waals surface area contributed by atoms with Gasteiger partial charge < -0.3 is 19.7 Å². The summed E-state index contributed by atoms with van der Waals surface area (Å²) in [4.78, 5) is 31.5. The van der Waals surface area contributed by atoms with Gasteiger partial charge >= 0.3 is 12.3 Å². The summed E-state index contributed by atoms with van der Waals surface area (Å²) in [5.41, 5.74) is 1.44. The molecule has 1 saturated heterocycles. The van der Waals surface area contributed by atoms with Gasteiger partial charge in [-0.25, -0.2) is 9.78 Å². The second-order valence-corrected chi connectivity index (χ2v) is 9.98. The number of nitrogens with one attached hydrogen (secondary N) is 1. The highest BCUT2D eigenvalue weighted by molar-refractivity contribution is 8.04. The number of likely N-dealkylation sites (tertiary alicyclic amines) is 1. The first-order chi connectivity index (χ1) is 18.3. The van der Waals surface area contributed by atoms with E-state index in [1.165, 1.54) is 23.9 Å². The molecule has 1 N–H and O–H groups in total. The summed E-state index contributed by atoms with van der Waals surface area (Å²) < 4.78 is 51.1. The van der Waals surface area contributed by atoms with Gasteiger partial charge in [0.1, 0.15) is 12.3 Å². The molecule has 0 spiro atoms. The molecule has 12 heteroatoms. The number of nitrogens with zero attached hydrogens (tertiary/aromatic N) is 3. The molecule has 0 saturated carbocycles. The van der Waals surface area contributed by atoms with Crippen molar-refractivity contribution in [3.63, 3.8) is 0 Å². The molecular weight excluding hydrogens is 521 g/mol. The topological polar surface area (TPSA) is 85.2 Å². The van der Waals surface area contributed by atoms with Crippen LogP contribution in [0.4, 0.5) is 18.0 Å². The number of amides is 2. The molecule has 0 atom stereocenters. The first-order valence-electron chi connectivity index (χ1n) is 12.1.